The van der Waals surface area contributed by atoms with Gasteiger partial charge in [-0.25, -0.2) is 4.98 Å². The van der Waals surface area contributed by atoms with Crippen LogP contribution in [0.3, 0.4) is 0 Å². The summed E-state index contributed by atoms with van der Waals surface area (Å²) in [6.07, 6.45) is 0. The number of furan rings is 1. The van der Waals surface area contributed by atoms with Crippen molar-refractivity contribution in [1.82, 2.24) is 9.38 Å². The number of hydrogen-bond donors (Lipinski definition) is 0. The standard InChI is InChI=1S/C26H14N2O2/c29-26-19-10-3-5-11-20(19)27-25-18-9-2-1-8-16(18)23-21(28(25)26)14-13-17-15-7-4-6-12-22(15)30-24(17)23/h1-14H. The van der Waals surface area contributed by atoms with Gasteiger partial charge in [-0.3, -0.25) is 9.20 Å². The van der Waals surface area contributed by atoms with Crippen LogP contribution in [-0.4, -0.2) is 9.38 Å². The summed E-state index contributed by atoms with van der Waals surface area (Å²) in [4.78, 5) is 18.4. The first-order valence-corrected chi connectivity index (χ1v) is 9.87. The average Bonchev–Trinajstić information content (AvgIpc) is 3.18. The summed E-state index contributed by atoms with van der Waals surface area (Å²) in [7, 11) is 0. The topological polar surface area (TPSA) is 47.5 Å². The Morgan fingerprint density at radius 3 is 2.23 bits per heavy atom. The molecule has 7 aromatic rings. The van der Waals surface area contributed by atoms with Crippen LogP contribution in [-0.2, 0) is 0 Å². The Labute approximate surface area is 169 Å². The van der Waals surface area contributed by atoms with E-state index < -0.39 is 0 Å². The Kier molecular flexibility index (Phi) is 2.86. The fourth-order valence-corrected chi connectivity index (χ4v) is 4.66. The van der Waals surface area contributed by atoms with Crippen molar-refractivity contribution in [3.05, 3.63) is 95.3 Å². The van der Waals surface area contributed by atoms with Crippen molar-refractivity contribution in [3.8, 4) is 0 Å². The fourth-order valence-electron chi connectivity index (χ4n) is 4.66. The van der Waals surface area contributed by atoms with E-state index in [0.29, 0.717) is 16.6 Å². The second-order valence-electron chi connectivity index (χ2n) is 7.57. The minimum Gasteiger partial charge on any atom is -0.455 e. The summed E-state index contributed by atoms with van der Waals surface area (Å²) in [6.45, 7) is 0. The number of pyridine rings is 1. The van der Waals surface area contributed by atoms with Crippen LogP contribution in [0.2, 0.25) is 0 Å². The molecule has 0 amide bonds. The second-order valence-corrected chi connectivity index (χ2v) is 7.57. The van der Waals surface area contributed by atoms with E-state index in [1.807, 2.05) is 72.8 Å². The molecule has 0 radical (unpaired) electrons. The Bertz CT molecular complexity index is 1880. The lowest BCUT2D eigenvalue weighted by atomic mass is 10.0. The van der Waals surface area contributed by atoms with Crippen LogP contribution >= 0.6 is 0 Å². The number of hydrogen-bond acceptors (Lipinski definition) is 3. The molecule has 0 aliphatic heterocycles. The number of fused-ring (bicyclic) bond motifs is 11. The van der Waals surface area contributed by atoms with Crippen LogP contribution in [0.5, 0.6) is 0 Å². The molecule has 4 aromatic carbocycles. The summed E-state index contributed by atoms with van der Waals surface area (Å²) in [6, 6.07) is 27.7. The van der Waals surface area contributed by atoms with E-state index >= 15 is 0 Å². The van der Waals surface area contributed by atoms with E-state index in [2.05, 4.69) is 12.1 Å². The molecule has 3 heterocycles. The SMILES string of the molecule is O=c1c2ccccc2nc2c3ccccc3c3c4oc5ccccc5c4ccc3n12. The predicted molar refractivity (Wildman–Crippen MR) is 121 cm³/mol. The third-order valence-corrected chi connectivity index (χ3v) is 5.98. The first kappa shape index (κ1) is 15.7. The van der Waals surface area contributed by atoms with Crippen LogP contribution in [0.25, 0.3) is 60.2 Å². The van der Waals surface area contributed by atoms with Crippen molar-refractivity contribution in [2.75, 3.05) is 0 Å². The maximum absolute atomic E-state index is 13.5. The van der Waals surface area contributed by atoms with Gasteiger partial charge >= 0.3 is 0 Å². The number of aromatic nitrogens is 2. The highest BCUT2D eigenvalue weighted by Gasteiger charge is 2.18. The Balaban J connectivity index is 1.87. The molecule has 30 heavy (non-hydrogen) atoms. The molecule has 0 saturated carbocycles. The molecule has 0 aliphatic rings. The average molecular weight is 386 g/mol. The van der Waals surface area contributed by atoms with Gasteiger partial charge in [0.25, 0.3) is 5.56 Å². The van der Waals surface area contributed by atoms with Crippen molar-refractivity contribution >= 4 is 60.2 Å². The molecule has 0 fully saturated rings. The smallest absolute Gasteiger partial charge is 0.266 e. The molecule has 0 aliphatic carbocycles. The Morgan fingerprint density at radius 1 is 0.667 bits per heavy atom. The van der Waals surface area contributed by atoms with E-state index in [1.54, 1.807) is 4.40 Å². The fraction of sp³-hybridized carbons (Fsp3) is 0. The highest BCUT2D eigenvalue weighted by molar-refractivity contribution is 6.24. The van der Waals surface area contributed by atoms with Crippen molar-refractivity contribution in [3.63, 3.8) is 0 Å². The van der Waals surface area contributed by atoms with Gasteiger partial charge in [-0.1, -0.05) is 54.6 Å². The number of para-hydroxylation sites is 2. The molecule has 0 saturated heterocycles. The molecule has 0 N–H and O–H groups in total. The summed E-state index contributed by atoms with van der Waals surface area (Å²) < 4.78 is 8.04. The van der Waals surface area contributed by atoms with Gasteiger partial charge < -0.3 is 4.42 Å². The molecule has 3 aromatic heterocycles. The highest BCUT2D eigenvalue weighted by atomic mass is 16.3. The van der Waals surface area contributed by atoms with Gasteiger partial charge in [0.15, 0.2) is 0 Å². The highest BCUT2D eigenvalue weighted by Crippen LogP contribution is 2.38. The first-order valence-electron chi connectivity index (χ1n) is 9.87. The monoisotopic (exact) mass is 386 g/mol. The summed E-state index contributed by atoms with van der Waals surface area (Å²) in [5, 5.41) is 5.62. The molecule has 7 rings (SSSR count). The summed E-state index contributed by atoms with van der Waals surface area (Å²) >= 11 is 0. The van der Waals surface area contributed by atoms with Gasteiger partial charge in [-0.2, -0.15) is 0 Å². The maximum atomic E-state index is 13.5. The lowest BCUT2D eigenvalue weighted by Crippen LogP contribution is -2.16. The van der Waals surface area contributed by atoms with Gasteiger partial charge in [0.05, 0.1) is 21.8 Å². The van der Waals surface area contributed by atoms with Crippen molar-refractivity contribution in [2.24, 2.45) is 0 Å². The molecule has 4 nitrogen and oxygen atoms in total. The molecule has 0 atom stereocenters. The summed E-state index contributed by atoms with van der Waals surface area (Å²) in [5.41, 5.74) is 3.74. The van der Waals surface area contributed by atoms with Gasteiger partial charge in [0, 0.05) is 16.2 Å². The predicted octanol–water partition coefficient (Wildman–Crippen LogP) is 6.05. The number of nitrogens with zero attached hydrogens (tertiary/aromatic N) is 2. The zero-order valence-corrected chi connectivity index (χ0v) is 15.8. The van der Waals surface area contributed by atoms with Crippen LogP contribution in [0.15, 0.2) is 94.1 Å². The largest absolute Gasteiger partial charge is 0.455 e. The van der Waals surface area contributed by atoms with Gasteiger partial charge in [0.1, 0.15) is 16.8 Å². The molecule has 140 valence electrons. The molecule has 0 bridgehead atoms. The quantitative estimate of drug-likeness (QED) is 0.235. The minimum absolute atomic E-state index is 0.0678. The summed E-state index contributed by atoms with van der Waals surface area (Å²) in [5.74, 6) is 0. The molecule has 0 unspecified atom stereocenters. The lowest BCUT2D eigenvalue weighted by molar-refractivity contribution is 0.673. The van der Waals surface area contributed by atoms with Crippen LogP contribution in [0, 0.1) is 0 Å². The zero-order valence-electron chi connectivity index (χ0n) is 15.8. The van der Waals surface area contributed by atoms with Crippen molar-refractivity contribution in [2.45, 2.75) is 0 Å². The molecular weight excluding hydrogens is 372 g/mol. The van der Waals surface area contributed by atoms with E-state index in [1.165, 1.54) is 0 Å². The third kappa shape index (κ3) is 1.85. The van der Waals surface area contributed by atoms with Crippen LogP contribution in [0.4, 0.5) is 0 Å². The zero-order chi connectivity index (χ0) is 19.8. The normalized spacial score (nSPS) is 12.1. The molecule has 0 spiro atoms. The Morgan fingerprint density at radius 2 is 1.37 bits per heavy atom. The van der Waals surface area contributed by atoms with E-state index in [9.17, 15) is 4.79 Å². The second kappa shape index (κ2) is 5.45. The minimum atomic E-state index is -0.0678. The Hall–Kier alpha value is -4.18. The van der Waals surface area contributed by atoms with Gasteiger partial charge in [-0.05, 0) is 35.7 Å². The van der Waals surface area contributed by atoms with Crippen LogP contribution < -0.4 is 5.56 Å². The first-order chi connectivity index (χ1) is 14.8. The number of rotatable bonds is 0. The van der Waals surface area contributed by atoms with E-state index in [4.69, 9.17) is 9.40 Å². The van der Waals surface area contributed by atoms with Crippen molar-refractivity contribution in [1.29, 1.82) is 0 Å². The number of benzene rings is 4. The maximum Gasteiger partial charge on any atom is 0.266 e. The molecule has 4 heteroatoms. The van der Waals surface area contributed by atoms with E-state index in [-0.39, 0.29) is 5.56 Å². The van der Waals surface area contributed by atoms with Crippen molar-refractivity contribution < 1.29 is 4.42 Å². The lowest BCUT2D eigenvalue weighted by Gasteiger charge is -2.12. The third-order valence-electron chi connectivity index (χ3n) is 5.98. The molecular formula is C26H14N2O2. The van der Waals surface area contributed by atoms with Gasteiger partial charge in [-0.15, -0.1) is 0 Å². The van der Waals surface area contributed by atoms with Gasteiger partial charge in [0.2, 0.25) is 0 Å². The van der Waals surface area contributed by atoms with Crippen LogP contribution in [0.1, 0.15) is 0 Å². The van der Waals surface area contributed by atoms with E-state index in [0.717, 1.165) is 43.6 Å².